The first-order chi connectivity index (χ1) is 15.1. The third-order valence-electron chi connectivity index (χ3n) is 5.10. The highest BCUT2D eigenvalue weighted by Gasteiger charge is 2.33. The predicted octanol–water partition coefficient (Wildman–Crippen LogP) is 3.24. The van der Waals surface area contributed by atoms with Crippen molar-refractivity contribution in [3.8, 4) is 0 Å². The molecule has 10 heteroatoms. The monoisotopic (exact) mass is 470 g/mol. The Morgan fingerprint density at radius 3 is 2.77 bits per heavy atom. The van der Waals surface area contributed by atoms with Crippen molar-refractivity contribution in [1.82, 2.24) is 14.3 Å². The summed E-state index contributed by atoms with van der Waals surface area (Å²) in [6, 6.07) is 9.04. The lowest BCUT2D eigenvalue weighted by molar-refractivity contribution is -0.122. The first kappa shape index (κ1) is 20.3. The average Bonchev–Trinajstić information content (AvgIpc) is 3.40. The number of thiocarbonyl (C=S) groups is 1. The first-order valence-corrected chi connectivity index (χ1v) is 12.1. The maximum atomic E-state index is 13.4. The van der Waals surface area contributed by atoms with Crippen molar-refractivity contribution in [2.75, 3.05) is 29.5 Å². The Morgan fingerprint density at radius 2 is 2.00 bits per heavy atom. The van der Waals surface area contributed by atoms with Gasteiger partial charge in [0.2, 0.25) is 0 Å². The van der Waals surface area contributed by atoms with Gasteiger partial charge in [-0.3, -0.25) is 18.9 Å². The summed E-state index contributed by atoms with van der Waals surface area (Å²) in [5, 5.41) is 0. The molecule has 2 fully saturated rings. The normalized spacial score (nSPS) is 18.5. The quantitative estimate of drug-likeness (QED) is 0.425. The van der Waals surface area contributed by atoms with Crippen molar-refractivity contribution in [3.63, 3.8) is 0 Å². The summed E-state index contributed by atoms with van der Waals surface area (Å²) < 4.78 is 7.31. The molecule has 2 saturated heterocycles. The fourth-order valence-corrected chi connectivity index (χ4v) is 5.70. The van der Waals surface area contributed by atoms with E-state index in [1.807, 2.05) is 23.9 Å². The minimum Gasteiger partial charge on any atom is -0.467 e. The van der Waals surface area contributed by atoms with Crippen molar-refractivity contribution in [2.24, 2.45) is 0 Å². The highest BCUT2D eigenvalue weighted by Crippen LogP contribution is 2.34. The number of aromatic nitrogens is 2. The standard InChI is InChI=1S/C21H18N4O3S3/c26-19-15(12-16-20(27)25(21(29)31-16)13-14-4-3-9-28-14)18(23-7-10-30-11-8-23)22-17-5-1-2-6-24(17)19/h1-6,9,12H,7-8,10-11,13H2. The van der Waals surface area contributed by atoms with Gasteiger partial charge in [0.1, 0.15) is 21.5 Å². The van der Waals surface area contributed by atoms with Gasteiger partial charge in [-0.1, -0.05) is 30.0 Å². The number of hydrogen-bond acceptors (Lipinski definition) is 8. The van der Waals surface area contributed by atoms with E-state index in [0.29, 0.717) is 32.0 Å². The molecular weight excluding hydrogens is 452 g/mol. The zero-order chi connectivity index (χ0) is 21.4. The molecule has 0 atom stereocenters. The number of pyridine rings is 1. The van der Waals surface area contributed by atoms with Crippen LogP contribution in [0.4, 0.5) is 5.82 Å². The maximum Gasteiger partial charge on any atom is 0.267 e. The lowest BCUT2D eigenvalue weighted by atomic mass is 10.2. The highest BCUT2D eigenvalue weighted by atomic mass is 32.2. The number of anilines is 1. The Hall–Kier alpha value is -2.56. The van der Waals surface area contributed by atoms with Crippen molar-refractivity contribution in [2.45, 2.75) is 6.54 Å². The van der Waals surface area contributed by atoms with Gasteiger partial charge in [0, 0.05) is 30.8 Å². The zero-order valence-electron chi connectivity index (χ0n) is 16.4. The molecule has 158 valence electrons. The second-order valence-corrected chi connectivity index (χ2v) is 9.93. The lowest BCUT2D eigenvalue weighted by Crippen LogP contribution is -2.35. The number of furan rings is 1. The third kappa shape index (κ3) is 3.90. The Morgan fingerprint density at radius 1 is 1.16 bits per heavy atom. The van der Waals surface area contributed by atoms with Crippen LogP contribution < -0.4 is 10.5 Å². The summed E-state index contributed by atoms with van der Waals surface area (Å²) in [6.45, 7) is 1.88. The molecule has 0 radical (unpaired) electrons. The van der Waals surface area contributed by atoms with Crippen LogP contribution in [-0.2, 0) is 11.3 Å². The van der Waals surface area contributed by atoms with E-state index in [2.05, 4.69) is 4.90 Å². The van der Waals surface area contributed by atoms with Crippen LogP contribution in [0.3, 0.4) is 0 Å². The minimum absolute atomic E-state index is 0.199. The van der Waals surface area contributed by atoms with Crippen LogP contribution in [0.15, 0.2) is 56.9 Å². The van der Waals surface area contributed by atoms with E-state index < -0.39 is 0 Å². The van der Waals surface area contributed by atoms with Crippen molar-refractivity contribution < 1.29 is 9.21 Å². The third-order valence-corrected chi connectivity index (χ3v) is 7.42. The highest BCUT2D eigenvalue weighted by molar-refractivity contribution is 8.26. The summed E-state index contributed by atoms with van der Waals surface area (Å²) in [5.74, 6) is 2.98. The van der Waals surface area contributed by atoms with Gasteiger partial charge in [-0.25, -0.2) is 4.98 Å². The molecule has 7 nitrogen and oxygen atoms in total. The molecule has 5 heterocycles. The van der Waals surface area contributed by atoms with E-state index >= 15 is 0 Å². The fourth-order valence-electron chi connectivity index (χ4n) is 3.56. The Labute approximate surface area is 192 Å². The molecular formula is C21H18N4O3S3. The number of carbonyl (C=O) groups excluding carboxylic acids is 1. The number of carbonyl (C=O) groups is 1. The van der Waals surface area contributed by atoms with E-state index in [0.717, 1.165) is 24.6 Å². The number of hydrogen-bond donors (Lipinski definition) is 0. The summed E-state index contributed by atoms with van der Waals surface area (Å²) in [7, 11) is 0. The second kappa shape index (κ2) is 8.52. The van der Waals surface area contributed by atoms with Crippen LogP contribution in [0.1, 0.15) is 11.3 Å². The molecule has 0 bridgehead atoms. The van der Waals surface area contributed by atoms with Gasteiger partial charge in [0.25, 0.3) is 11.5 Å². The minimum atomic E-state index is -0.232. The molecule has 0 unspecified atom stereocenters. The number of rotatable bonds is 4. The van der Waals surface area contributed by atoms with E-state index in [9.17, 15) is 9.59 Å². The van der Waals surface area contributed by atoms with Crippen LogP contribution in [0.2, 0.25) is 0 Å². The molecule has 0 saturated carbocycles. The molecule has 3 aromatic rings. The van der Waals surface area contributed by atoms with Crippen LogP contribution in [0.25, 0.3) is 11.7 Å². The van der Waals surface area contributed by atoms with E-state index in [1.165, 1.54) is 21.1 Å². The van der Waals surface area contributed by atoms with Crippen LogP contribution in [0.5, 0.6) is 0 Å². The molecule has 2 aliphatic rings. The predicted molar refractivity (Wildman–Crippen MR) is 128 cm³/mol. The topological polar surface area (TPSA) is 71.1 Å². The molecule has 0 N–H and O–H groups in total. The zero-order valence-corrected chi connectivity index (χ0v) is 18.8. The van der Waals surface area contributed by atoms with Gasteiger partial charge >= 0.3 is 0 Å². The molecule has 3 aromatic heterocycles. The van der Waals surface area contributed by atoms with Crippen molar-refractivity contribution in [1.29, 1.82) is 0 Å². The van der Waals surface area contributed by atoms with E-state index in [4.69, 9.17) is 21.6 Å². The van der Waals surface area contributed by atoms with Gasteiger partial charge in [-0.05, 0) is 30.3 Å². The summed E-state index contributed by atoms with van der Waals surface area (Å²) in [6.07, 6.45) is 4.90. The van der Waals surface area contributed by atoms with E-state index in [1.54, 1.807) is 36.7 Å². The van der Waals surface area contributed by atoms with Gasteiger partial charge < -0.3 is 9.32 Å². The summed E-state index contributed by atoms with van der Waals surface area (Å²) in [4.78, 5) is 35.3. The SMILES string of the molecule is O=C1C(=Cc2c(N3CCSCC3)nc3ccccn3c2=O)SC(=S)N1Cc1ccco1. The van der Waals surface area contributed by atoms with Crippen molar-refractivity contribution in [3.05, 3.63) is 69.4 Å². The van der Waals surface area contributed by atoms with Gasteiger partial charge in [-0.15, -0.1) is 0 Å². The van der Waals surface area contributed by atoms with Gasteiger partial charge in [0.05, 0.1) is 23.3 Å². The molecule has 31 heavy (non-hydrogen) atoms. The van der Waals surface area contributed by atoms with Crippen LogP contribution >= 0.6 is 35.7 Å². The summed E-state index contributed by atoms with van der Waals surface area (Å²) >= 11 is 8.51. The van der Waals surface area contributed by atoms with Gasteiger partial charge in [-0.2, -0.15) is 11.8 Å². The van der Waals surface area contributed by atoms with Crippen LogP contribution in [0, 0.1) is 0 Å². The number of nitrogens with zero attached hydrogens (tertiary/aromatic N) is 4. The van der Waals surface area contributed by atoms with E-state index in [-0.39, 0.29) is 18.0 Å². The molecule has 5 rings (SSSR count). The van der Waals surface area contributed by atoms with Crippen molar-refractivity contribution >= 4 is 63.5 Å². The number of amides is 1. The maximum absolute atomic E-state index is 13.4. The largest absolute Gasteiger partial charge is 0.467 e. The Bertz CT molecular complexity index is 1250. The van der Waals surface area contributed by atoms with Gasteiger partial charge in [0.15, 0.2) is 0 Å². The lowest BCUT2D eigenvalue weighted by Gasteiger charge is -2.28. The Balaban J connectivity index is 1.58. The fraction of sp³-hybridized carbons (Fsp3) is 0.238. The first-order valence-electron chi connectivity index (χ1n) is 9.73. The molecule has 0 aliphatic carbocycles. The average molecular weight is 471 g/mol. The molecule has 2 aliphatic heterocycles. The molecule has 0 spiro atoms. The molecule has 0 aromatic carbocycles. The number of fused-ring (bicyclic) bond motifs is 1. The van der Waals surface area contributed by atoms with Crippen LogP contribution in [-0.4, -0.2) is 49.1 Å². The molecule has 1 amide bonds. The smallest absolute Gasteiger partial charge is 0.267 e. The Kier molecular flexibility index (Phi) is 5.59. The summed E-state index contributed by atoms with van der Waals surface area (Å²) in [5.41, 5.74) is 0.799. The second-order valence-electron chi connectivity index (χ2n) is 7.03. The number of thioether (sulfide) groups is 2.